The van der Waals surface area contributed by atoms with Crippen molar-refractivity contribution in [2.45, 2.75) is 13.8 Å². The van der Waals surface area contributed by atoms with E-state index in [9.17, 15) is 0 Å². The van der Waals surface area contributed by atoms with Gasteiger partial charge in [-0.25, -0.2) is 4.98 Å². The molecular weight excluding hydrogens is 274 g/mol. The number of thiophene rings is 1. The SMILES string of the molecule is Cc1ccc(C)c2sc(-c3cc4ccsc4o3)nc12. The highest BCUT2D eigenvalue weighted by atomic mass is 32.1. The molecule has 0 atom stereocenters. The Morgan fingerprint density at radius 3 is 2.74 bits per heavy atom. The number of aromatic nitrogens is 1. The predicted octanol–water partition coefficient (Wildman–Crippen LogP) is 5.39. The Labute approximate surface area is 118 Å². The molecule has 3 heterocycles. The second kappa shape index (κ2) is 3.92. The zero-order chi connectivity index (χ0) is 13.0. The summed E-state index contributed by atoms with van der Waals surface area (Å²) in [5.41, 5.74) is 3.59. The number of hydrogen-bond acceptors (Lipinski definition) is 4. The summed E-state index contributed by atoms with van der Waals surface area (Å²) in [6.07, 6.45) is 0. The van der Waals surface area contributed by atoms with Gasteiger partial charge in [-0.1, -0.05) is 12.1 Å². The highest BCUT2D eigenvalue weighted by molar-refractivity contribution is 7.22. The number of furan rings is 1. The van der Waals surface area contributed by atoms with E-state index in [0.717, 1.165) is 26.6 Å². The highest BCUT2D eigenvalue weighted by Gasteiger charge is 2.14. The fourth-order valence-corrected chi connectivity index (χ4v) is 4.04. The number of thiazole rings is 1. The molecule has 0 aliphatic carbocycles. The quantitative estimate of drug-likeness (QED) is 0.469. The van der Waals surface area contributed by atoms with Crippen LogP contribution >= 0.6 is 22.7 Å². The third kappa shape index (κ3) is 1.64. The van der Waals surface area contributed by atoms with Crippen molar-refractivity contribution in [3.05, 3.63) is 40.8 Å². The van der Waals surface area contributed by atoms with E-state index in [1.807, 2.05) is 5.38 Å². The third-order valence-corrected chi connectivity index (χ3v) is 5.31. The molecule has 0 fully saturated rings. The number of aryl methyl sites for hydroxylation is 2. The lowest BCUT2D eigenvalue weighted by Gasteiger charge is -1.96. The first kappa shape index (κ1) is 11.2. The molecule has 1 aromatic carbocycles. The summed E-state index contributed by atoms with van der Waals surface area (Å²) in [6.45, 7) is 4.23. The van der Waals surface area contributed by atoms with Gasteiger partial charge < -0.3 is 4.42 Å². The van der Waals surface area contributed by atoms with E-state index < -0.39 is 0 Å². The Balaban J connectivity index is 1.98. The first-order chi connectivity index (χ1) is 9.22. The molecule has 3 aromatic heterocycles. The van der Waals surface area contributed by atoms with Crippen LogP contribution in [0.4, 0.5) is 0 Å². The van der Waals surface area contributed by atoms with Crippen molar-refractivity contribution in [1.29, 1.82) is 0 Å². The van der Waals surface area contributed by atoms with Crippen molar-refractivity contribution in [3.8, 4) is 10.8 Å². The molecule has 2 nitrogen and oxygen atoms in total. The maximum Gasteiger partial charge on any atom is 0.188 e. The lowest BCUT2D eigenvalue weighted by atomic mass is 10.1. The number of hydrogen-bond donors (Lipinski definition) is 0. The van der Waals surface area contributed by atoms with Gasteiger partial charge in [-0.15, -0.1) is 22.7 Å². The molecule has 0 unspecified atom stereocenters. The first-order valence-corrected chi connectivity index (χ1v) is 7.76. The smallest absolute Gasteiger partial charge is 0.188 e. The van der Waals surface area contributed by atoms with Gasteiger partial charge in [-0.05, 0) is 42.5 Å². The van der Waals surface area contributed by atoms with Crippen LogP contribution in [0.5, 0.6) is 0 Å². The predicted molar refractivity (Wildman–Crippen MR) is 82.2 cm³/mol. The topological polar surface area (TPSA) is 26.0 Å². The molecule has 94 valence electrons. The summed E-state index contributed by atoms with van der Waals surface area (Å²) in [7, 11) is 0. The van der Waals surface area contributed by atoms with Gasteiger partial charge in [-0.3, -0.25) is 0 Å². The van der Waals surface area contributed by atoms with Crippen LogP contribution in [-0.2, 0) is 0 Å². The zero-order valence-electron chi connectivity index (χ0n) is 10.6. The molecule has 19 heavy (non-hydrogen) atoms. The van der Waals surface area contributed by atoms with E-state index in [-0.39, 0.29) is 0 Å². The van der Waals surface area contributed by atoms with Crippen molar-refractivity contribution < 1.29 is 4.42 Å². The van der Waals surface area contributed by atoms with Gasteiger partial charge in [0.15, 0.2) is 15.7 Å². The van der Waals surface area contributed by atoms with Crippen molar-refractivity contribution in [2.24, 2.45) is 0 Å². The van der Waals surface area contributed by atoms with E-state index in [0.29, 0.717) is 0 Å². The zero-order valence-corrected chi connectivity index (χ0v) is 12.2. The van der Waals surface area contributed by atoms with Crippen LogP contribution in [0.1, 0.15) is 11.1 Å². The monoisotopic (exact) mass is 285 g/mol. The Kier molecular flexibility index (Phi) is 2.31. The van der Waals surface area contributed by atoms with Crippen LogP contribution in [0, 0.1) is 13.8 Å². The van der Waals surface area contributed by atoms with Crippen molar-refractivity contribution in [2.75, 3.05) is 0 Å². The minimum absolute atomic E-state index is 0.877. The van der Waals surface area contributed by atoms with Gasteiger partial charge >= 0.3 is 0 Å². The van der Waals surface area contributed by atoms with Crippen molar-refractivity contribution in [1.82, 2.24) is 4.98 Å². The summed E-state index contributed by atoms with van der Waals surface area (Å²) in [5, 5.41) is 4.17. The van der Waals surface area contributed by atoms with Gasteiger partial charge in [0.25, 0.3) is 0 Å². The van der Waals surface area contributed by atoms with Crippen LogP contribution in [0.15, 0.2) is 34.1 Å². The summed E-state index contributed by atoms with van der Waals surface area (Å²) < 4.78 is 7.13. The van der Waals surface area contributed by atoms with Gasteiger partial charge in [0.1, 0.15) is 0 Å². The molecule has 4 rings (SSSR count). The number of fused-ring (bicyclic) bond motifs is 2. The maximum absolute atomic E-state index is 5.87. The fourth-order valence-electron chi connectivity index (χ4n) is 2.24. The summed E-state index contributed by atoms with van der Waals surface area (Å²) in [6, 6.07) is 8.44. The average Bonchev–Trinajstić information content (AvgIpc) is 3.05. The summed E-state index contributed by atoms with van der Waals surface area (Å²) in [5.74, 6) is 0.877. The Morgan fingerprint density at radius 2 is 1.95 bits per heavy atom. The van der Waals surface area contributed by atoms with Crippen LogP contribution in [0.3, 0.4) is 0 Å². The van der Waals surface area contributed by atoms with E-state index in [2.05, 4.69) is 38.1 Å². The Morgan fingerprint density at radius 1 is 1.11 bits per heavy atom. The molecule has 4 aromatic rings. The van der Waals surface area contributed by atoms with Crippen LogP contribution in [0.25, 0.3) is 31.3 Å². The minimum atomic E-state index is 0.877. The maximum atomic E-state index is 5.87. The summed E-state index contributed by atoms with van der Waals surface area (Å²) >= 11 is 3.34. The highest BCUT2D eigenvalue weighted by Crippen LogP contribution is 2.37. The lowest BCUT2D eigenvalue weighted by molar-refractivity contribution is 0.639. The molecule has 0 spiro atoms. The molecule has 0 amide bonds. The van der Waals surface area contributed by atoms with Crippen LogP contribution < -0.4 is 0 Å². The van der Waals surface area contributed by atoms with Gasteiger partial charge in [0, 0.05) is 5.39 Å². The second-order valence-electron chi connectivity index (χ2n) is 4.67. The van der Waals surface area contributed by atoms with E-state index in [4.69, 9.17) is 9.40 Å². The molecule has 4 heteroatoms. The van der Waals surface area contributed by atoms with Crippen molar-refractivity contribution in [3.63, 3.8) is 0 Å². The molecule has 0 bridgehead atoms. The molecular formula is C15H11NOS2. The van der Waals surface area contributed by atoms with E-state index >= 15 is 0 Å². The summed E-state index contributed by atoms with van der Waals surface area (Å²) in [4.78, 5) is 5.72. The van der Waals surface area contributed by atoms with Gasteiger partial charge in [0.05, 0.1) is 10.2 Å². The van der Waals surface area contributed by atoms with Crippen LogP contribution in [-0.4, -0.2) is 4.98 Å². The van der Waals surface area contributed by atoms with E-state index in [1.165, 1.54) is 15.8 Å². The average molecular weight is 285 g/mol. The standard InChI is InChI=1S/C15H11NOS2/c1-8-3-4-9(2)13-12(8)16-14(19-13)11-7-10-5-6-18-15(10)17-11/h3-7H,1-2H3. The number of rotatable bonds is 1. The molecule has 0 saturated heterocycles. The van der Waals surface area contributed by atoms with Gasteiger partial charge in [0.2, 0.25) is 0 Å². The fraction of sp³-hybridized carbons (Fsp3) is 0.133. The van der Waals surface area contributed by atoms with Crippen molar-refractivity contribution >= 4 is 43.2 Å². The lowest BCUT2D eigenvalue weighted by Crippen LogP contribution is -1.78. The molecule has 0 aliphatic heterocycles. The molecule has 0 radical (unpaired) electrons. The normalized spacial score (nSPS) is 11.7. The largest absolute Gasteiger partial charge is 0.443 e. The van der Waals surface area contributed by atoms with Gasteiger partial charge in [-0.2, -0.15) is 0 Å². The minimum Gasteiger partial charge on any atom is -0.443 e. The Bertz CT molecular complexity index is 830. The van der Waals surface area contributed by atoms with E-state index in [1.54, 1.807) is 22.7 Å². The molecule has 0 saturated carbocycles. The Hall–Kier alpha value is -1.65. The number of benzene rings is 1. The second-order valence-corrected chi connectivity index (χ2v) is 6.55. The molecule has 0 aliphatic rings. The van der Waals surface area contributed by atoms with Crippen LogP contribution in [0.2, 0.25) is 0 Å². The first-order valence-electron chi connectivity index (χ1n) is 6.06. The third-order valence-electron chi connectivity index (χ3n) is 3.30. The number of nitrogens with zero attached hydrogens (tertiary/aromatic N) is 1. The molecule has 0 N–H and O–H groups in total.